The summed E-state index contributed by atoms with van der Waals surface area (Å²) in [5.41, 5.74) is 1.46. The van der Waals surface area contributed by atoms with Crippen LogP contribution in [0.2, 0.25) is 0 Å². The third kappa shape index (κ3) is 3.31. The minimum Gasteiger partial charge on any atom is -0.453 e. The molecule has 0 radical (unpaired) electrons. The van der Waals surface area contributed by atoms with E-state index in [9.17, 15) is 9.59 Å². The number of fused-ring (bicyclic) bond motifs is 2. The number of ether oxygens (including phenoxy) is 1. The van der Waals surface area contributed by atoms with Gasteiger partial charge in [0.25, 0.3) is 5.56 Å². The number of H-pyrrole nitrogens is 1. The maximum atomic E-state index is 12.7. The zero-order valence-electron chi connectivity index (χ0n) is 15.4. The first-order valence-corrected chi connectivity index (χ1v) is 9.83. The SMILES string of the molecule is O=C(OCc1nc2ccccc2c(=O)[nH]1)c1nccnc1-c1nc2ccccc2s1. The minimum absolute atomic E-state index is 0.0553. The van der Waals surface area contributed by atoms with Gasteiger partial charge in [-0.15, -0.1) is 11.3 Å². The first-order chi connectivity index (χ1) is 14.7. The number of hydrogen-bond donors (Lipinski definition) is 1. The Hall–Kier alpha value is -3.98. The Labute approximate surface area is 173 Å². The van der Waals surface area contributed by atoms with Crippen molar-refractivity contribution < 1.29 is 9.53 Å². The molecule has 3 aromatic heterocycles. The number of esters is 1. The molecule has 0 bridgehead atoms. The Bertz CT molecular complexity index is 1430. The molecule has 0 saturated heterocycles. The summed E-state index contributed by atoms with van der Waals surface area (Å²) in [5, 5.41) is 1.05. The molecule has 0 spiro atoms. The van der Waals surface area contributed by atoms with Crippen LogP contribution in [0, 0.1) is 0 Å². The monoisotopic (exact) mass is 415 g/mol. The Kier molecular flexibility index (Phi) is 4.49. The molecule has 0 aliphatic heterocycles. The van der Waals surface area contributed by atoms with Crippen LogP contribution in [0.5, 0.6) is 0 Å². The Morgan fingerprint density at radius 2 is 1.73 bits per heavy atom. The van der Waals surface area contributed by atoms with Crippen LogP contribution in [-0.2, 0) is 11.3 Å². The van der Waals surface area contributed by atoms with Crippen molar-refractivity contribution in [1.82, 2.24) is 24.9 Å². The zero-order chi connectivity index (χ0) is 20.5. The van der Waals surface area contributed by atoms with Gasteiger partial charge in [-0.05, 0) is 24.3 Å². The number of hydrogen-bond acceptors (Lipinski definition) is 8. The lowest BCUT2D eigenvalue weighted by molar-refractivity contribution is 0.0456. The molecule has 0 atom stereocenters. The number of rotatable bonds is 4. The lowest BCUT2D eigenvalue weighted by Crippen LogP contribution is -2.15. The van der Waals surface area contributed by atoms with Gasteiger partial charge in [0.2, 0.25) is 0 Å². The fourth-order valence-corrected chi connectivity index (χ4v) is 3.99. The number of aromatic amines is 1. The van der Waals surface area contributed by atoms with Gasteiger partial charge in [0, 0.05) is 12.4 Å². The van der Waals surface area contributed by atoms with Crippen molar-refractivity contribution in [3.8, 4) is 10.7 Å². The highest BCUT2D eigenvalue weighted by Gasteiger charge is 2.20. The summed E-state index contributed by atoms with van der Waals surface area (Å²) in [6, 6.07) is 14.6. The standard InChI is InChI=1S/C21H13N5O3S/c27-19-12-5-1-2-6-13(12)24-16(26-19)11-29-21(28)18-17(22-9-10-23-18)20-25-14-7-3-4-8-15(14)30-20/h1-10H,11H2,(H,24,26,27). The molecule has 3 heterocycles. The quantitative estimate of drug-likeness (QED) is 0.448. The fourth-order valence-electron chi connectivity index (χ4n) is 3.02. The van der Waals surface area contributed by atoms with Gasteiger partial charge in [-0.25, -0.2) is 24.7 Å². The summed E-state index contributed by atoms with van der Waals surface area (Å²) in [5.74, 6) is -0.425. The Morgan fingerprint density at radius 3 is 2.60 bits per heavy atom. The van der Waals surface area contributed by atoms with E-state index >= 15 is 0 Å². The number of aromatic nitrogens is 5. The van der Waals surface area contributed by atoms with E-state index in [-0.39, 0.29) is 23.7 Å². The Balaban J connectivity index is 1.43. The van der Waals surface area contributed by atoms with Crippen LogP contribution in [0.1, 0.15) is 16.3 Å². The average molecular weight is 415 g/mol. The van der Waals surface area contributed by atoms with E-state index in [4.69, 9.17) is 4.74 Å². The molecular weight excluding hydrogens is 402 g/mol. The molecule has 9 heteroatoms. The second-order valence-corrected chi connectivity index (χ2v) is 7.38. The Morgan fingerprint density at radius 1 is 0.967 bits per heavy atom. The van der Waals surface area contributed by atoms with Crippen molar-refractivity contribution in [3.63, 3.8) is 0 Å². The smallest absolute Gasteiger partial charge is 0.359 e. The lowest BCUT2D eigenvalue weighted by atomic mass is 10.2. The number of thiazole rings is 1. The van der Waals surface area contributed by atoms with E-state index in [1.807, 2.05) is 24.3 Å². The first-order valence-electron chi connectivity index (χ1n) is 9.01. The third-order valence-electron chi connectivity index (χ3n) is 4.39. The molecule has 30 heavy (non-hydrogen) atoms. The molecule has 5 aromatic rings. The predicted molar refractivity (Wildman–Crippen MR) is 112 cm³/mol. The topological polar surface area (TPSA) is 111 Å². The van der Waals surface area contributed by atoms with Crippen LogP contribution in [0.3, 0.4) is 0 Å². The molecule has 0 aliphatic rings. The largest absolute Gasteiger partial charge is 0.453 e. The van der Waals surface area contributed by atoms with E-state index < -0.39 is 5.97 Å². The van der Waals surface area contributed by atoms with Crippen molar-refractivity contribution in [2.24, 2.45) is 0 Å². The van der Waals surface area contributed by atoms with Gasteiger partial charge >= 0.3 is 5.97 Å². The van der Waals surface area contributed by atoms with E-state index in [1.54, 1.807) is 24.3 Å². The normalized spacial score (nSPS) is 11.1. The summed E-state index contributed by atoms with van der Waals surface area (Å²) in [6.07, 6.45) is 2.92. The average Bonchev–Trinajstić information content (AvgIpc) is 3.22. The van der Waals surface area contributed by atoms with E-state index in [2.05, 4.69) is 24.9 Å². The number of para-hydroxylation sites is 2. The summed E-state index contributed by atoms with van der Waals surface area (Å²) < 4.78 is 6.34. The molecule has 0 aliphatic carbocycles. The van der Waals surface area contributed by atoms with Crippen molar-refractivity contribution in [1.29, 1.82) is 0 Å². The molecule has 8 nitrogen and oxygen atoms in total. The summed E-state index contributed by atoms with van der Waals surface area (Å²) in [6.45, 7) is -0.200. The highest BCUT2D eigenvalue weighted by atomic mass is 32.1. The molecule has 0 amide bonds. The molecule has 2 aromatic carbocycles. The van der Waals surface area contributed by atoms with Crippen molar-refractivity contribution in [3.05, 3.63) is 82.8 Å². The van der Waals surface area contributed by atoms with E-state index in [1.165, 1.54) is 23.7 Å². The summed E-state index contributed by atoms with van der Waals surface area (Å²) in [4.78, 5) is 44.8. The molecular formula is C21H13N5O3S. The van der Waals surface area contributed by atoms with Crippen molar-refractivity contribution >= 4 is 38.4 Å². The number of nitrogens with zero attached hydrogens (tertiary/aromatic N) is 4. The number of nitrogens with one attached hydrogen (secondary N) is 1. The molecule has 0 saturated carbocycles. The second kappa shape index (κ2) is 7.45. The van der Waals surface area contributed by atoms with Gasteiger partial charge in [-0.3, -0.25) is 4.79 Å². The van der Waals surface area contributed by atoms with E-state index in [0.29, 0.717) is 21.6 Å². The van der Waals surface area contributed by atoms with Crippen LogP contribution >= 0.6 is 11.3 Å². The van der Waals surface area contributed by atoms with Crippen molar-refractivity contribution in [2.75, 3.05) is 0 Å². The number of carbonyl (C=O) groups is 1. The van der Waals surface area contributed by atoms with Crippen LogP contribution in [0.4, 0.5) is 0 Å². The van der Waals surface area contributed by atoms with Crippen LogP contribution in [0.25, 0.3) is 31.8 Å². The summed E-state index contributed by atoms with van der Waals surface area (Å²) >= 11 is 1.42. The maximum absolute atomic E-state index is 12.7. The number of carbonyl (C=O) groups excluding carboxylic acids is 1. The van der Waals surface area contributed by atoms with Gasteiger partial charge in [0.15, 0.2) is 5.69 Å². The first kappa shape index (κ1) is 18.1. The van der Waals surface area contributed by atoms with Gasteiger partial charge in [0.05, 0.1) is 21.1 Å². The van der Waals surface area contributed by atoms with Crippen LogP contribution in [0.15, 0.2) is 65.7 Å². The molecule has 5 rings (SSSR count). The van der Waals surface area contributed by atoms with Crippen LogP contribution < -0.4 is 5.56 Å². The molecule has 0 fully saturated rings. The van der Waals surface area contributed by atoms with Crippen LogP contribution in [-0.4, -0.2) is 30.9 Å². The second-order valence-electron chi connectivity index (χ2n) is 6.35. The third-order valence-corrected chi connectivity index (χ3v) is 5.43. The van der Waals surface area contributed by atoms with Crippen molar-refractivity contribution in [2.45, 2.75) is 6.61 Å². The molecule has 146 valence electrons. The van der Waals surface area contributed by atoms with Gasteiger partial charge in [-0.1, -0.05) is 24.3 Å². The minimum atomic E-state index is -0.673. The highest BCUT2D eigenvalue weighted by Crippen LogP contribution is 2.30. The fraction of sp³-hybridized carbons (Fsp3) is 0.0476. The highest BCUT2D eigenvalue weighted by molar-refractivity contribution is 7.21. The number of benzene rings is 2. The lowest BCUT2D eigenvalue weighted by Gasteiger charge is -2.07. The maximum Gasteiger partial charge on any atom is 0.359 e. The zero-order valence-corrected chi connectivity index (χ0v) is 16.2. The predicted octanol–water partition coefficient (Wildman–Crippen LogP) is 3.35. The van der Waals surface area contributed by atoms with Gasteiger partial charge < -0.3 is 9.72 Å². The molecule has 1 N–H and O–H groups in total. The summed E-state index contributed by atoms with van der Waals surface area (Å²) in [7, 11) is 0. The van der Waals surface area contributed by atoms with E-state index in [0.717, 1.165) is 10.2 Å². The van der Waals surface area contributed by atoms with Gasteiger partial charge in [0.1, 0.15) is 23.1 Å². The molecule has 0 unspecified atom stereocenters. The van der Waals surface area contributed by atoms with Gasteiger partial charge in [-0.2, -0.15) is 0 Å².